The van der Waals surface area contributed by atoms with Gasteiger partial charge >= 0.3 is 0 Å². The minimum Gasteiger partial charge on any atom is -0.493 e. The van der Waals surface area contributed by atoms with Gasteiger partial charge in [-0.15, -0.1) is 0 Å². The van der Waals surface area contributed by atoms with Crippen LogP contribution in [-0.4, -0.2) is 12.4 Å². The number of Topliss-reactive ketones (excluding diaryl/α,β-unsaturated/α-hetero) is 1. The predicted octanol–water partition coefficient (Wildman–Crippen LogP) is 2.70. The maximum atomic E-state index is 11.6. The fourth-order valence-corrected chi connectivity index (χ4v) is 2.78. The average Bonchev–Trinajstić information content (AvgIpc) is 2.75. The zero-order chi connectivity index (χ0) is 11.3. The fourth-order valence-electron chi connectivity index (χ4n) is 2.78. The number of benzene rings is 1. The highest BCUT2D eigenvalue weighted by molar-refractivity contribution is 5.87. The molecule has 0 radical (unpaired) electrons. The van der Waals surface area contributed by atoms with Crippen LogP contribution in [0.5, 0.6) is 5.75 Å². The van der Waals surface area contributed by atoms with Crippen molar-refractivity contribution in [3.05, 3.63) is 29.3 Å². The van der Waals surface area contributed by atoms with E-state index in [9.17, 15) is 4.79 Å². The van der Waals surface area contributed by atoms with Crippen LogP contribution < -0.4 is 4.74 Å². The first-order valence-electron chi connectivity index (χ1n) is 5.88. The van der Waals surface area contributed by atoms with Crippen molar-refractivity contribution < 1.29 is 9.53 Å². The molecule has 2 aliphatic rings. The van der Waals surface area contributed by atoms with Gasteiger partial charge in [0.2, 0.25) is 0 Å². The third-order valence-corrected chi connectivity index (χ3v) is 4.20. The topological polar surface area (TPSA) is 26.3 Å². The minimum absolute atomic E-state index is 0.113. The molecule has 2 atom stereocenters. The first kappa shape index (κ1) is 9.88. The Balaban J connectivity index is 1.99. The summed E-state index contributed by atoms with van der Waals surface area (Å²) in [4.78, 5) is 11.6. The quantitative estimate of drug-likeness (QED) is 0.759. The Morgan fingerprint density at radius 3 is 3.00 bits per heavy atom. The van der Waals surface area contributed by atoms with Gasteiger partial charge in [0.05, 0.1) is 6.61 Å². The van der Waals surface area contributed by atoms with Crippen LogP contribution >= 0.6 is 0 Å². The van der Waals surface area contributed by atoms with Gasteiger partial charge in [0.15, 0.2) is 0 Å². The van der Waals surface area contributed by atoms with Crippen molar-refractivity contribution >= 4 is 5.78 Å². The van der Waals surface area contributed by atoms with Crippen molar-refractivity contribution in [1.29, 1.82) is 0 Å². The third kappa shape index (κ3) is 1.22. The van der Waals surface area contributed by atoms with Gasteiger partial charge in [0, 0.05) is 17.4 Å². The molecular formula is C14H16O2. The highest BCUT2D eigenvalue weighted by atomic mass is 16.5. The lowest BCUT2D eigenvalue weighted by atomic mass is 9.93. The van der Waals surface area contributed by atoms with E-state index < -0.39 is 0 Å². The molecule has 1 aliphatic carbocycles. The SMILES string of the molecule is CC(=O)C1(C)CC1c1cccc2c1CCO2. The summed E-state index contributed by atoms with van der Waals surface area (Å²) in [5.74, 6) is 1.76. The first-order valence-corrected chi connectivity index (χ1v) is 5.88. The number of rotatable bonds is 2. The number of hydrogen-bond acceptors (Lipinski definition) is 2. The van der Waals surface area contributed by atoms with Crippen molar-refractivity contribution in [2.45, 2.75) is 32.6 Å². The molecule has 1 aliphatic heterocycles. The highest BCUT2D eigenvalue weighted by Crippen LogP contribution is 2.61. The number of ketones is 1. The van der Waals surface area contributed by atoms with Crippen LogP contribution in [0.4, 0.5) is 0 Å². The molecule has 84 valence electrons. The standard InChI is InChI=1S/C14H16O2/c1-9(15)14(2)8-12(14)10-4-3-5-13-11(10)6-7-16-13/h3-5,12H,6-8H2,1-2H3. The van der Waals surface area contributed by atoms with E-state index in [1.807, 2.05) is 12.1 Å². The second kappa shape index (κ2) is 3.09. The minimum atomic E-state index is -0.113. The number of carbonyl (C=O) groups is 1. The normalized spacial score (nSPS) is 30.8. The van der Waals surface area contributed by atoms with Gasteiger partial charge in [-0.2, -0.15) is 0 Å². The lowest BCUT2D eigenvalue weighted by Crippen LogP contribution is -2.09. The Labute approximate surface area is 95.6 Å². The Hall–Kier alpha value is -1.31. The predicted molar refractivity (Wildman–Crippen MR) is 61.8 cm³/mol. The molecule has 0 bridgehead atoms. The molecule has 1 fully saturated rings. The molecule has 1 heterocycles. The number of hydrogen-bond donors (Lipinski definition) is 0. The molecule has 2 nitrogen and oxygen atoms in total. The molecule has 3 rings (SSSR count). The number of fused-ring (bicyclic) bond motifs is 1. The van der Waals surface area contributed by atoms with E-state index in [1.165, 1.54) is 11.1 Å². The Bertz CT molecular complexity index is 464. The van der Waals surface area contributed by atoms with E-state index in [0.29, 0.717) is 11.7 Å². The van der Waals surface area contributed by atoms with E-state index in [-0.39, 0.29) is 5.41 Å². The van der Waals surface area contributed by atoms with Crippen LogP contribution in [0.2, 0.25) is 0 Å². The Kier molecular flexibility index (Phi) is 1.91. The van der Waals surface area contributed by atoms with Crippen molar-refractivity contribution in [3.8, 4) is 5.75 Å². The Morgan fingerprint density at radius 1 is 1.50 bits per heavy atom. The molecular weight excluding hydrogens is 200 g/mol. The van der Waals surface area contributed by atoms with Gasteiger partial charge in [0.25, 0.3) is 0 Å². The lowest BCUT2D eigenvalue weighted by molar-refractivity contribution is -0.121. The second-order valence-electron chi connectivity index (χ2n) is 5.15. The van der Waals surface area contributed by atoms with E-state index in [1.54, 1.807) is 6.92 Å². The lowest BCUT2D eigenvalue weighted by Gasteiger charge is -2.10. The van der Waals surface area contributed by atoms with Gasteiger partial charge in [0.1, 0.15) is 11.5 Å². The number of ether oxygens (including phenoxy) is 1. The van der Waals surface area contributed by atoms with Gasteiger partial charge in [-0.25, -0.2) is 0 Å². The molecule has 0 saturated heterocycles. The second-order valence-corrected chi connectivity index (χ2v) is 5.15. The van der Waals surface area contributed by atoms with E-state index in [2.05, 4.69) is 13.0 Å². The molecule has 0 N–H and O–H groups in total. The summed E-state index contributed by atoms with van der Waals surface area (Å²) in [5.41, 5.74) is 2.56. The molecule has 0 spiro atoms. The molecule has 16 heavy (non-hydrogen) atoms. The molecule has 1 aromatic rings. The summed E-state index contributed by atoms with van der Waals surface area (Å²) >= 11 is 0. The smallest absolute Gasteiger partial charge is 0.136 e. The van der Waals surface area contributed by atoms with Crippen molar-refractivity contribution in [2.24, 2.45) is 5.41 Å². The molecule has 1 saturated carbocycles. The molecule has 2 heteroatoms. The third-order valence-electron chi connectivity index (χ3n) is 4.20. The summed E-state index contributed by atoms with van der Waals surface area (Å²) < 4.78 is 5.56. The average molecular weight is 216 g/mol. The van der Waals surface area contributed by atoms with E-state index in [4.69, 9.17) is 4.74 Å². The molecule has 0 amide bonds. The van der Waals surface area contributed by atoms with Crippen LogP contribution in [0.3, 0.4) is 0 Å². The van der Waals surface area contributed by atoms with Gasteiger partial charge < -0.3 is 4.74 Å². The summed E-state index contributed by atoms with van der Waals surface area (Å²) in [6.07, 6.45) is 1.99. The van der Waals surface area contributed by atoms with Crippen molar-refractivity contribution in [2.75, 3.05) is 6.61 Å². The fraction of sp³-hybridized carbons (Fsp3) is 0.500. The van der Waals surface area contributed by atoms with Crippen LogP contribution in [0.1, 0.15) is 37.3 Å². The summed E-state index contributed by atoms with van der Waals surface area (Å²) in [5, 5.41) is 0. The number of carbonyl (C=O) groups excluding carboxylic acids is 1. The van der Waals surface area contributed by atoms with Gasteiger partial charge in [-0.3, -0.25) is 4.79 Å². The molecule has 0 aromatic heterocycles. The summed E-state index contributed by atoms with van der Waals surface area (Å²) in [7, 11) is 0. The van der Waals surface area contributed by atoms with Gasteiger partial charge in [-0.1, -0.05) is 19.1 Å². The first-order chi connectivity index (χ1) is 7.63. The zero-order valence-corrected chi connectivity index (χ0v) is 9.75. The molecule has 1 aromatic carbocycles. The van der Waals surface area contributed by atoms with Crippen LogP contribution in [0, 0.1) is 5.41 Å². The highest BCUT2D eigenvalue weighted by Gasteiger charge is 2.55. The van der Waals surface area contributed by atoms with Crippen LogP contribution in [0.15, 0.2) is 18.2 Å². The zero-order valence-electron chi connectivity index (χ0n) is 9.75. The monoisotopic (exact) mass is 216 g/mol. The largest absolute Gasteiger partial charge is 0.493 e. The maximum Gasteiger partial charge on any atom is 0.136 e. The van der Waals surface area contributed by atoms with Crippen molar-refractivity contribution in [1.82, 2.24) is 0 Å². The van der Waals surface area contributed by atoms with Crippen molar-refractivity contribution in [3.63, 3.8) is 0 Å². The maximum absolute atomic E-state index is 11.6. The van der Waals surface area contributed by atoms with Crippen LogP contribution in [-0.2, 0) is 11.2 Å². The van der Waals surface area contributed by atoms with Crippen LogP contribution in [0.25, 0.3) is 0 Å². The summed E-state index contributed by atoms with van der Waals surface area (Å²) in [6, 6.07) is 6.23. The van der Waals surface area contributed by atoms with E-state index in [0.717, 1.165) is 25.2 Å². The van der Waals surface area contributed by atoms with E-state index >= 15 is 0 Å². The van der Waals surface area contributed by atoms with Gasteiger partial charge in [-0.05, 0) is 30.9 Å². The molecule has 2 unspecified atom stereocenters. The Morgan fingerprint density at radius 2 is 2.31 bits per heavy atom. The summed E-state index contributed by atoms with van der Waals surface area (Å²) in [6.45, 7) is 4.57.